The van der Waals surface area contributed by atoms with Crippen LogP contribution in [0.25, 0.3) is 0 Å². The van der Waals surface area contributed by atoms with Crippen LogP contribution >= 0.6 is 34.8 Å². The Morgan fingerprint density at radius 1 is 1.06 bits per heavy atom. The predicted octanol–water partition coefficient (Wildman–Crippen LogP) is 6.90. The molecule has 1 unspecified atom stereocenters. The summed E-state index contributed by atoms with van der Waals surface area (Å²) in [6, 6.07) is 8.27. The summed E-state index contributed by atoms with van der Waals surface area (Å²) in [6.45, 7) is 5.55. The number of hydrogen-bond acceptors (Lipinski definition) is 3. The molecule has 1 atom stereocenters. The van der Waals surface area contributed by atoms with Crippen molar-refractivity contribution in [2.75, 3.05) is 6.61 Å². The van der Waals surface area contributed by atoms with Crippen LogP contribution in [0.4, 0.5) is 0 Å². The van der Waals surface area contributed by atoms with Gasteiger partial charge in [-0.05, 0) is 68.5 Å². The average Bonchev–Trinajstić information content (AvgIpc) is 2.83. The number of nitrogens with one attached hydrogen (secondary N) is 1. The van der Waals surface area contributed by atoms with Gasteiger partial charge < -0.3 is 15.0 Å². The summed E-state index contributed by atoms with van der Waals surface area (Å²) >= 11 is 19.1. The maximum Gasteiger partial charge on any atom is 0.261 e. The van der Waals surface area contributed by atoms with E-state index in [-0.39, 0.29) is 31.0 Å². The fourth-order valence-electron chi connectivity index (χ4n) is 4.54. The van der Waals surface area contributed by atoms with E-state index < -0.39 is 6.04 Å². The topological polar surface area (TPSA) is 58.6 Å². The van der Waals surface area contributed by atoms with Crippen molar-refractivity contribution in [3.05, 3.63) is 62.1 Å². The fourth-order valence-corrected chi connectivity index (χ4v) is 5.16. The Balaban J connectivity index is 1.83. The Morgan fingerprint density at radius 2 is 1.66 bits per heavy atom. The van der Waals surface area contributed by atoms with E-state index in [2.05, 4.69) is 5.32 Å². The maximum atomic E-state index is 13.5. The third-order valence-electron chi connectivity index (χ3n) is 6.50. The van der Waals surface area contributed by atoms with Gasteiger partial charge in [0, 0.05) is 33.2 Å². The fraction of sp³-hybridized carbons (Fsp3) is 0.481. The van der Waals surface area contributed by atoms with Crippen molar-refractivity contribution in [2.45, 2.75) is 77.9 Å². The number of carbonyl (C=O) groups is 2. The molecule has 0 bridgehead atoms. The smallest absolute Gasteiger partial charge is 0.261 e. The van der Waals surface area contributed by atoms with Crippen LogP contribution in [0.1, 0.15) is 62.1 Å². The molecule has 35 heavy (non-hydrogen) atoms. The lowest BCUT2D eigenvalue weighted by atomic mass is 9.95. The van der Waals surface area contributed by atoms with E-state index in [0.29, 0.717) is 32.8 Å². The van der Waals surface area contributed by atoms with Crippen LogP contribution in [0.2, 0.25) is 15.1 Å². The summed E-state index contributed by atoms with van der Waals surface area (Å²) in [5.41, 5.74) is 2.34. The molecule has 3 rings (SSSR count). The molecule has 0 radical (unpaired) electrons. The molecule has 0 heterocycles. The molecule has 1 fully saturated rings. The van der Waals surface area contributed by atoms with Gasteiger partial charge in [0.05, 0.1) is 0 Å². The first kappa shape index (κ1) is 27.6. The molecule has 1 saturated carbocycles. The molecule has 1 aliphatic rings. The summed E-state index contributed by atoms with van der Waals surface area (Å²) in [7, 11) is 0. The first-order valence-corrected chi connectivity index (χ1v) is 13.3. The average molecular weight is 540 g/mol. The normalized spacial score (nSPS) is 14.9. The highest BCUT2D eigenvalue weighted by atomic mass is 35.5. The Morgan fingerprint density at radius 3 is 2.23 bits per heavy atom. The van der Waals surface area contributed by atoms with Crippen molar-refractivity contribution >= 4 is 46.6 Å². The van der Waals surface area contributed by atoms with E-state index in [1.807, 2.05) is 20.8 Å². The summed E-state index contributed by atoms with van der Waals surface area (Å²) < 4.78 is 5.84. The van der Waals surface area contributed by atoms with E-state index >= 15 is 0 Å². The quantitative estimate of drug-likeness (QED) is 0.377. The second-order valence-corrected chi connectivity index (χ2v) is 10.3. The Kier molecular flexibility index (Phi) is 10.1. The number of carbonyl (C=O) groups excluding carboxylic acids is 2. The van der Waals surface area contributed by atoms with Crippen LogP contribution < -0.4 is 10.1 Å². The van der Waals surface area contributed by atoms with Gasteiger partial charge in [0.2, 0.25) is 5.91 Å². The van der Waals surface area contributed by atoms with Crippen molar-refractivity contribution in [2.24, 2.45) is 0 Å². The van der Waals surface area contributed by atoms with Crippen molar-refractivity contribution in [3.8, 4) is 5.75 Å². The van der Waals surface area contributed by atoms with Crippen molar-refractivity contribution in [3.63, 3.8) is 0 Å². The number of amides is 2. The van der Waals surface area contributed by atoms with E-state index in [1.54, 1.807) is 30.3 Å². The molecule has 2 aromatic rings. The van der Waals surface area contributed by atoms with E-state index in [9.17, 15) is 9.59 Å². The van der Waals surface area contributed by atoms with Gasteiger partial charge >= 0.3 is 0 Å². The van der Waals surface area contributed by atoms with Crippen LogP contribution in [0.5, 0.6) is 5.75 Å². The molecule has 190 valence electrons. The lowest BCUT2D eigenvalue weighted by Crippen LogP contribution is -2.52. The second kappa shape index (κ2) is 12.8. The van der Waals surface area contributed by atoms with Gasteiger partial charge in [0.25, 0.3) is 5.91 Å². The number of halogens is 3. The van der Waals surface area contributed by atoms with Crippen molar-refractivity contribution in [1.29, 1.82) is 0 Å². The second-order valence-electron chi connectivity index (χ2n) is 9.15. The molecule has 5 nitrogen and oxygen atoms in total. The largest absolute Gasteiger partial charge is 0.484 e. The molecule has 0 spiro atoms. The molecule has 1 N–H and O–H groups in total. The number of ether oxygens (including phenoxy) is 1. The van der Waals surface area contributed by atoms with Crippen LogP contribution in [0, 0.1) is 13.8 Å². The van der Waals surface area contributed by atoms with Gasteiger partial charge in [-0.25, -0.2) is 0 Å². The third kappa shape index (κ3) is 7.28. The minimum atomic E-state index is -0.672. The summed E-state index contributed by atoms with van der Waals surface area (Å²) in [6.07, 6.45) is 5.78. The van der Waals surface area contributed by atoms with Crippen LogP contribution in [-0.2, 0) is 16.1 Å². The van der Waals surface area contributed by atoms with Crippen LogP contribution in [-0.4, -0.2) is 35.4 Å². The number of nitrogens with zero attached hydrogens (tertiary/aromatic N) is 1. The van der Waals surface area contributed by atoms with Crippen LogP contribution in [0.3, 0.4) is 0 Å². The van der Waals surface area contributed by atoms with Gasteiger partial charge in [-0.3, -0.25) is 9.59 Å². The molecule has 0 saturated heterocycles. The minimum absolute atomic E-state index is 0.107. The molecule has 0 aromatic heterocycles. The highest BCUT2D eigenvalue weighted by Crippen LogP contribution is 2.28. The van der Waals surface area contributed by atoms with E-state index in [1.165, 1.54) is 11.3 Å². The SMILES string of the molecule is CCC(C(=O)NC1CCCCC1)N(Cc1c(Cl)cccc1Cl)C(=O)COc1cc(C)c(Cl)c(C)c1. The first-order valence-electron chi connectivity index (χ1n) is 12.1. The Bertz CT molecular complexity index is 1010. The Labute approximate surface area is 223 Å². The maximum absolute atomic E-state index is 13.5. The van der Waals surface area contributed by atoms with Gasteiger partial charge in [0.1, 0.15) is 11.8 Å². The van der Waals surface area contributed by atoms with E-state index in [4.69, 9.17) is 39.5 Å². The highest BCUT2D eigenvalue weighted by molar-refractivity contribution is 6.36. The number of rotatable bonds is 9. The first-order chi connectivity index (χ1) is 16.7. The lowest BCUT2D eigenvalue weighted by Gasteiger charge is -2.33. The zero-order valence-corrected chi connectivity index (χ0v) is 22.8. The highest BCUT2D eigenvalue weighted by Gasteiger charge is 2.31. The number of hydrogen-bond donors (Lipinski definition) is 1. The van der Waals surface area contributed by atoms with Crippen molar-refractivity contribution in [1.82, 2.24) is 10.2 Å². The van der Waals surface area contributed by atoms with E-state index in [0.717, 1.165) is 36.8 Å². The number of benzene rings is 2. The van der Waals surface area contributed by atoms with Gasteiger partial charge in [-0.15, -0.1) is 0 Å². The van der Waals surface area contributed by atoms with Gasteiger partial charge in [-0.1, -0.05) is 67.1 Å². The molecule has 2 aromatic carbocycles. The summed E-state index contributed by atoms with van der Waals surface area (Å²) in [5.74, 6) is 0.0687. The third-order valence-corrected chi connectivity index (χ3v) is 7.80. The molecule has 0 aliphatic heterocycles. The summed E-state index contributed by atoms with van der Waals surface area (Å²) in [5, 5.41) is 4.73. The monoisotopic (exact) mass is 538 g/mol. The molecular weight excluding hydrogens is 507 g/mol. The lowest BCUT2D eigenvalue weighted by molar-refractivity contribution is -0.143. The molecule has 2 amide bonds. The number of aryl methyl sites for hydroxylation is 2. The van der Waals surface area contributed by atoms with Crippen molar-refractivity contribution < 1.29 is 14.3 Å². The van der Waals surface area contributed by atoms with Gasteiger partial charge in [-0.2, -0.15) is 0 Å². The zero-order valence-electron chi connectivity index (χ0n) is 20.5. The Hall–Kier alpha value is -1.95. The standard InChI is InChI=1S/C27H33Cl3N2O3/c1-4-24(27(34)31-19-9-6-5-7-10-19)32(15-21-22(28)11-8-12-23(21)29)25(33)16-35-20-13-17(2)26(30)18(3)14-20/h8,11-14,19,24H,4-7,9-10,15-16H2,1-3H3,(H,31,34). The molecule has 8 heteroatoms. The summed E-state index contributed by atoms with van der Waals surface area (Å²) in [4.78, 5) is 28.3. The predicted molar refractivity (Wildman–Crippen MR) is 143 cm³/mol. The minimum Gasteiger partial charge on any atom is -0.484 e. The van der Waals surface area contributed by atoms with Crippen LogP contribution in [0.15, 0.2) is 30.3 Å². The van der Waals surface area contributed by atoms with Gasteiger partial charge in [0.15, 0.2) is 6.61 Å². The molecular formula is C27H33Cl3N2O3. The zero-order chi connectivity index (χ0) is 25.5. The molecule has 1 aliphatic carbocycles.